The van der Waals surface area contributed by atoms with Crippen molar-refractivity contribution in [1.29, 1.82) is 0 Å². The van der Waals surface area contributed by atoms with Crippen LogP contribution in [0.3, 0.4) is 0 Å². The lowest BCUT2D eigenvalue weighted by Gasteiger charge is -2.26. The van der Waals surface area contributed by atoms with Gasteiger partial charge in [-0.3, -0.25) is 34.6 Å². The van der Waals surface area contributed by atoms with Gasteiger partial charge in [0.15, 0.2) is 11.6 Å². The van der Waals surface area contributed by atoms with Crippen molar-refractivity contribution in [3.05, 3.63) is 68.3 Å². The van der Waals surface area contributed by atoms with Gasteiger partial charge >= 0.3 is 0 Å². The normalized spacial score (nSPS) is 17.2. The molecule has 8 nitrogen and oxygen atoms in total. The lowest BCUT2D eigenvalue weighted by Crippen LogP contribution is -2.50. The number of hydrazine groups is 1. The Labute approximate surface area is 210 Å². The average molecular weight is 509 g/mol. The molecular formula is C25H24N4O4S2. The number of nitrogens with zero attached hydrogens (tertiary/aromatic N) is 3. The highest BCUT2D eigenvalue weighted by Gasteiger charge is 2.28. The Morgan fingerprint density at radius 2 is 1.71 bits per heavy atom. The maximum atomic E-state index is 13.2. The summed E-state index contributed by atoms with van der Waals surface area (Å²) in [7, 11) is 0. The maximum Gasteiger partial charge on any atom is 0.270 e. The number of amides is 2. The Hall–Kier alpha value is -3.50. The van der Waals surface area contributed by atoms with E-state index in [1.807, 2.05) is 18.4 Å². The molecule has 2 aliphatic heterocycles. The molecule has 2 aliphatic rings. The van der Waals surface area contributed by atoms with E-state index in [1.165, 1.54) is 35.1 Å². The molecule has 1 atom stereocenters. The fourth-order valence-corrected chi connectivity index (χ4v) is 5.01. The summed E-state index contributed by atoms with van der Waals surface area (Å²) in [6, 6.07) is 7.03. The quantitative estimate of drug-likeness (QED) is 0.425. The van der Waals surface area contributed by atoms with Gasteiger partial charge in [-0.05, 0) is 49.1 Å². The lowest BCUT2D eigenvalue weighted by molar-refractivity contribution is -0.136. The zero-order valence-corrected chi connectivity index (χ0v) is 20.7. The molecule has 2 aromatic rings. The molecule has 0 bridgehead atoms. The van der Waals surface area contributed by atoms with Gasteiger partial charge in [0.2, 0.25) is 0 Å². The molecule has 1 N–H and O–H groups in total. The zero-order valence-electron chi connectivity index (χ0n) is 19.1. The molecular weight excluding hydrogens is 484 g/mol. The Morgan fingerprint density at radius 3 is 2.34 bits per heavy atom. The summed E-state index contributed by atoms with van der Waals surface area (Å²) in [5.41, 5.74) is 4.28. The van der Waals surface area contributed by atoms with Gasteiger partial charge in [0.05, 0.1) is 9.75 Å². The highest BCUT2D eigenvalue weighted by Crippen LogP contribution is 2.23. The van der Waals surface area contributed by atoms with Crippen molar-refractivity contribution >= 4 is 58.0 Å². The zero-order chi connectivity index (χ0) is 24.8. The van der Waals surface area contributed by atoms with Crippen LogP contribution in [-0.4, -0.2) is 46.9 Å². The molecule has 0 saturated heterocycles. The number of Topliss-reactive ketones (excluding diaryl/α,β-unsaturated/α-hetero) is 2. The van der Waals surface area contributed by atoms with Crippen molar-refractivity contribution in [2.45, 2.75) is 32.6 Å². The first kappa shape index (κ1) is 24.6. The maximum absolute atomic E-state index is 13.2. The predicted octanol–water partition coefficient (Wildman–Crippen LogP) is 4.24. The number of hydrogen-bond acceptors (Lipinski definition) is 8. The number of carbonyl (C=O) groups is 4. The minimum Gasteiger partial charge on any atom is -0.293 e. The van der Waals surface area contributed by atoms with Gasteiger partial charge in [-0.2, -0.15) is 0 Å². The van der Waals surface area contributed by atoms with E-state index in [2.05, 4.69) is 15.4 Å². The Kier molecular flexibility index (Phi) is 7.94. The van der Waals surface area contributed by atoms with Crippen molar-refractivity contribution in [3.63, 3.8) is 0 Å². The minimum absolute atomic E-state index is 0.00320. The molecule has 4 rings (SSSR count). The summed E-state index contributed by atoms with van der Waals surface area (Å²) in [5, 5.41) is 4.68. The van der Waals surface area contributed by atoms with E-state index in [1.54, 1.807) is 29.8 Å². The smallest absolute Gasteiger partial charge is 0.270 e. The first-order valence-electron chi connectivity index (χ1n) is 11.1. The number of hydrogen-bond donors (Lipinski definition) is 1. The summed E-state index contributed by atoms with van der Waals surface area (Å²) < 4.78 is 0. The second-order valence-electron chi connectivity index (χ2n) is 8.27. The van der Waals surface area contributed by atoms with Crippen molar-refractivity contribution in [1.82, 2.24) is 10.4 Å². The van der Waals surface area contributed by atoms with Gasteiger partial charge in [-0.1, -0.05) is 12.1 Å². The van der Waals surface area contributed by atoms with Gasteiger partial charge in [0.25, 0.3) is 11.8 Å². The lowest BCUT2D eigenvalue weighted by atomic mass is 9.93. The third kappa shape index (κ3) is 6.34. The van der Waals surface area contributed by atoms with Crippen LogP contribution in [0.25, 0.3) is 0 Å². The molecule has 10 heteroatoms. The van der Waals surface area contributed by atoms with Crippen LogP contribution >= 0.6 is 22.7 Å². The number of thiophene rings is 2. The second kappa shape index (κ2) is 11.3. The van der Waals surface area contributed by atoms with Gasteiger partial charge in [-0.15, -0.1) is 22.7 Å². The first-order chi connectivity index (χ1) is 16.9. The molecule has 0 spiro atoms. The first-order valence-corrected chi connectivity index (χ1v) is 12.9. The van der Waals surface area contributed by atoms with Gasteiger partial charge in [0.1, 0.15) is 6.54 Å². The molecule has 35 heavy (non-hydrogen) atoms. The largest absolute Gasteiger partial charge is 0.293 e. The van der Waals surface area contributed by atoms with Crippen LogP contribution in [0, 0.1) is 5.92 Å². The standard InChI is InChI=1S/C25H24N4O4S2/c1-16-6-7-18(14-27-16)25(33)29(15-21(31)23-5-3-9-35-23)28-24(32)19-10-17(12-26-13-19)11-20(30)22-4-2-8-34-22/h2-5,8-9,12-14,17H,6-7,10-11,15H2,1H3,(H,28,32). The fourth-order valence-electron chi connectivity index (χ4n) is 3.68. The Balaban J connectivity index is 1.45. The van der Waals surface area contributed by atoms with Crippen LogP contribution in [0.15, 0.2) is 68.6 Å². The molecule has 0 fully saturated rings. The van der Waals surface area contributed by atoms with Gasteiger partial charge in [-0.25, -0.2) is 5.01 Å². The summed E-state index contributed by atoms with van der Waals surface area (Å²) in [6.45, 7) is 1.58. The predicted molar refractivity (Wildman–Crippen MR) is 137 cm³/mol. The Morgan fingerprint density at radius 1 is 1.00 bits per heavy atom. The molecule has 1 unspecified atom stereocenters. The molecule has 0 aromatic carbocycles. The van der Waals surface area contributed by atoms with E-state index >= 15 is 0 Å². The fraction of sp³-hybridized carbons (Fsp3) is 0.280. The summed E-state index contributed by atoms with van der Waals surface area (Å²) in [6.07, 6.45) is 6.24. The average Bonchev–Trinajstić information content (AvgIpc) is 3.59. The van der Waals surface area contributed by atoms with Crippen molar-refractivity contribution in [2.75, 3.05) is 6.54 Å². The van der Waals surface area contributed by atoms with E-state index < -0.39 is 11.8 Å². The van der Waals surface area contributed by atoms with Gasteiger partial charge < -0.3 is 0 Å². The van der Waals surface area contributed by atoms with Gasteiger partial charge in [0, 0.05) is 47.8 Å². The SMILES string of the molecule is CC1=NC=C(C(=O)N(CC(=O)c2cccs2)NC(=O)C2=CN=CC(CC(=O)c3cccs3)C2)CC1. The minimum atomic E-state index is -0.529. The number of carbonyl (C=O) groups excluding carboxylic acids is 4. The van der Waals surface area contributed by atoms with Crippen LogP contribution in [-0.2, 0) is 9.59 Å². The van der Waals surface area contributed by atoms with E-state index in [9.17, 15) is 19.2 Å². The summed E-state index contributed by atoms with van der Waals surface area (Å²) in [4.78, 5) is 61.0. The van der Waals surface area contributed by atoms with Crippen LogP contribution in [0.5, 0.6) is 0 Å². The second-order valence-corrected chi connectivity index (χ2v) is 10.2. The third-order valence-electron chi connectivity index (χ3n) is 5.60. The van der Waals surface area contributed by atoms with Crippen LogP contribution in [0.2, 0.25) is 0 Å². The molecule has 180 valence electrons. The van der Waals surface area contributed by atoms with Crippen LogP contribution < -0.4 is 5.43 Å². The molecule has 0 saturated carbocycles. The summed E-state index contributed by atoms with van der Waals surface area (Å²) in [5.74, 6) is -1.51. The van der Waals surface area contributed by atoms with E-state index in [4.69, 9.17) is 0 Å². The molecule has 2 aromatic heterocycles. The van der Waals surface area contributed by atoms with E-state index in [0.29, 0.717) is 40.2 Å². The number of nitrogens with one attached hydrogen (secondary N) is 1. The molecule has 4 heterocycles. The van der Waals surface area contributed by atoms with E-state index in [0.717, 1.165) is 10.7 Å². The topological polar surface area (TPSA) is 108 Å². The monoisotopic (exact) mass is 508 g/mol. The Bertz CT molecular complexity index is 1240. The molecule has 0 radical (unpaired) electrons. The van der Waals surface area contributed by atoms with Crippen molar-refractivity contribution < 1.29 is 19.2 Å². The summed E-state index contributed by atoms with van der Waals surface area (Å²) >= 11 is 2.65. The van der Waals surface area contributed by atoms with Crippen molar-refractivity contribution in [2.24, 2.45) is 15.9 Å². The highest BCUT2D eigenvalue weighted by molar-refractivity contribution is 7.12. The van der Waals surface area contributed by atoms with Crippen molar-refractivity contribution in [3.8, 4) is 0 Å². The van der Waals surface area contributed by atoms with Crippen LogP contribution in [0.4, 0.5) is 0 Å². The number of ketones is 2. The van der Waals surface area contributed by atoms with E-state index in [-0.39, 0.29) is 30.4 Å². The van der Waals surface area contributed by atoms with Crippen LogP contribution in [0.1, 0.15) is 52.0 Å². The highest BCUT2D eigenvalue weighted by atomic mass is 32.1. The number of aliphatic imine (C=N–C) groups is 2. The molecule has 2 amide bonds. The third-order valence-corrected chi connectivity index (χ3v) is 7.42. The molecule has 0 aliphatic carbocycles. The number of rotatable bonds is 8.